The van der Waals surface area contributed by atoms with Crippen LogP contribution in [0.15, 0.2) is 24.3 Å². The van der Waals surface area contributed by atoms with Crippen LogP contribution in [0, 0.1) is 17.2 Å². The molecule has 0 amide bonds. The monoisotopic (exact) mass is 198 g/mol. The van der Waals surface area contributed by atoms with Gasteiger partial charge in [0.15, 0.2) is 0 Å². The summed E-state index contributed by atoms with van der Waals surface area (Å²) < 4.78 is 0. The van der Waals surface area contributed by atoms with E-state index in [1.54, 1.807) is 0 Å². The van der Waals surface area contributed by atoms with Crippen molar-refractivity contribution in [3.05, 3.63) is 35.4 Å². The lowest BCUT2D eigenvalue weighted by molar-refractivity contribution is 0.267. The van der Waals surface area contributed by atoms with Crippen LogP contribution in [0.5, 0.6) is 0 Å². The molecule has 0 spiro atoms. The second kappa shape index (κ2) is 3.08. The van der Waals surface area contributed by atoms with Gasteiger partial charge >= 0.3 is 0 Å². The summed E-state index contributed by atoms with van der Waals surface area (Å²) in [5.41, 5.74) is 2.39. The SMILES string of the molecule is N#CC12CNCC(Cc3ccccc31)C2. The molecule has 2 atom stereocenters. The number of nitrogens with one attached hydrogen (secondary N) is 1. The molecule has 0 saturated carbocycles. The summed E-state index contributed by atoms with van der Waals surface area (Å²) in [6.07, 6.45) is 2.17. The molecule has 0 radical (unpaired) electrons. The third-order valence-electron chi connectivity index (χ3n) is 3.75. The first kappa shape index (κ1) is 8.94. The van der Waals surface area contributed by atoms with E-state index < -0.39 is 0 Å². The number of rotatable bonds is 0. The first-order valence-corrected chi connectivity index (χ1v) is 5.54. The lowest BCUT2D eigenvalue weighted by Crippen LogP contribution is -2.50. The predicted molar refractivity (Wildman–Crippen MR) is 58.4 cm³/mol. The summed E-state index contributed by atoms with van der Waals surface area (Å²) in [6, 6.07) is 11.0. The number of hydrogen-bond acceptors (Lipinski definition) is 2. The van der Waals surface area contributed by atoms with Crippen LogP contribution in [0.4, 0.5) is 0 Å². The van der Waals surface area contributed by atoms with E-state index in [0.717, 1.165) is 25.9 Å². The summed E-state index contributed by atoms with van der Waals surface area (Å²) in [5.74, 6) is 0.647. The number of nitrogens with zero attached hydrogens (tertiary/aromatic N) is 1. The van der Waals surface area contributed by atoms with Gasteiger partial charge in [0.1, 0.15) is 0 Å². The molecule has 2 nitrogen and oxygen atoms in total. The van der Waals surface area contributed by atoms with Crippen LogP contribution in [-0.4, -0.2) is 13.1 Å². The van der Waals surface area contributed by atoms with Gasteiger partial charge in [-0.25, -0.2) is 0 Å². The first-order chi connectivity index (χ1) is 7.34. The van der Waals surface area contributed by atoms with Crippen molar-refractivity contribution in [2.75, 3.05) is 13.1 Å². The van der Waals surface area contributed by atoms with E-state index in [2.05, 4.69) is 29.6 Å². The van der Waals surface area contributed by atoms with E-state index in [9.17, 15) is 5.26 Å². The summed E-state index contributed by atoms with van der Waals surface area (Å²) in [5, 5.41) is 12.8. The van der Waals surface area contributed by atoms with Crippen molar-refractivity contribution < 1.29 is 0 Å². The molecule has 2 heteroatoms. The molecule has 15 heavy (non-hydrogen) atoms. The number of benzene rings is 1. The Labute approximate surface area is 89.9 Å². The molecule has 0 aromatic heterocycles. The van der Waals surface area contributed by atoms with Crippen LogP contribution in [0.25, 0.3) is 0 Å². The van der Waals surface area contributed by atoms with Crippen LogP contribution in [0.3, 0.4) is 0 Å². The Morgan fingerprint density at radius 3 is 3.13 bits per heavy atom. The highest BCUT2D eigenvalue weighted by molar-refractivity contribution is 5.43. The molecule has 1 aliphatic heterocycles. The van der Waals surface area contributed by atoms with Gasteiger partial charge in [-0.3, -0.25) is 0 Å². The van der Waals surface area contributed by atoms with E-state index >= 15 is 0 Å². The summed E-state index contributed by atoms with van der Waals surface area (Å²) in [7, 11) is 0. The number of fused-ring (bicyclic) bond motifs is 4. The molecule has 2 aliphatic rings. The second-order valence-corrected chi connectivity index (χ2v) is 4.76. The highest BCUT2D eigenvalue weighted by atomic mass is 14.9. The number of nitriles is 1. The van der Waals surface area contributed by atoms with Gasteiger partial charge in [-0.15, -0.1) is 0 Å². The van der Waals surface area contributed by atoms with Crippen LogP contribution < -0.4 is 5.32 Å². The van der Waals surface area contributed by atoms with Gasteiger partial charge in [-0.1, -0.05) is 24.3 Å². The van der Waals surface area contributed by atoms with E-state index in [1.807, 2.05) is 6.07 Å². The quantitative estimate of drug-likeness (QED) is 0.687. The molecule has 1 aromatic rings. The van der Waals surface area contributed by atoms with Crippen LogP contribution >= 0.6 is 0 Å². The second-order valence-electron chi connectivity index (χ2n) is 4.76. The average Bonchev–Trinajstić information content (AvgIpc) is 2.29. The Kier molecular flexibility index (Phi) is 1.83. The smallest absolute Gasteiger partial charge is 0.0952 e. The van der Waals surface area contributed by atoms with Crippen LogP contribution in [0.2, 0.25) is 0 Å². The largest absolute Gasteiger partial charge is 0.315 e. The minimum atomic E-state index is -0.252. The molecule has 2 bridgehead atoms. The van der Waals surface area contributed by atoms with Crippen LogP contribution in [-0.2, 0) is 11.8 Å². The molecule has 1 aliphatic carbocycles. The Bertz CT molecular complexity index is 432. The van der Waals surface area contributed by atoms with Gasteiger partial charge < -0.3 is 5.32 Å². The summed E-state index contributed by atoms with van der Waals surface area (Å²) >= 11 is 0. The molecule has 1 aromatic carbocycles. The Hall–Kier alpha value is -1.33. The van der Waals surface area contributed by atoms with Crippen molar-refractivity contribution in [2.24, 2.45) is 5.92 Å². The number of hydrogen-bond donors (Lipinski definition) is 1. The highest BCUT2D eigenvalue weighted by Gasteiger charge is 2.42. The molecule has 3 rings (SSSR count). The summed E-state index contributed by atoms with van der Waals surface area (Å²) in [6.45, 7) is 1.88. The molecule has 1 saturated heterocycles. The van der Waals surface area contributed by atoms with Gasteiger partial charge in [0.25, 0.3) is 0 Å². The molecule has 76 valence electrons. The van der Waals surface area contributed by atoms with Gasteiger partial charge in [-0.2, -0.15) is 5.26 Å². The lowest BCUT2D eigenvalue weighted by atomic mass is 9.65. The van der Waals surface area contributed by atoms with E-state index in [1.165, 1.54) is 11.1 Å². The van der Waals surface area contributed by atoms with Crippen molar-refractivity contribution in [1.82, 2.24) is 5.32 Å². The third kappa shape index (κ3) is 1.20. The van der Waals surface area contributed by atoms with E-state index in [0.29, 0.717) is 5.92 Å². The fraction of sp³-hybridized carbons (Fsp3) is 0.462. The van der Waals surface area contributed by atoms with Crippen LogP contribution in [0.1, 0.15) is 17.5 Å². The summed E-state index contributed by atoms with van der Waals surface area (Å²) in [4.78, 5) is 0. The Morgan fingerprint density at radius 1 is 1.40 bits per heavy atom. The standard InChI is InChI=1S/C13H14N2/c14-8-13-6-10(7-15-9-13)5-11-3-1-2-4-12(11)13/h1-4,10,15H,5-7,9H2. The maximum atomic E-state index is 9.45. The lowest BCUT2D eigenvalue weighted by Gasteiger charge is -2.42. The van der Waals surface area contributed by atoms with Crippen molar-refractivity contribution in [2.45, 2.75) is 18.3 Å². The maximum Gasteiger partial charge on any atom is 0.0952 e. The fourth-order valence-electron chi connectivity index (χ4n) is 3.10. The zero-order chi connectivity index (χ0) is 10.3. The number of piperidine rings is 1. The molecule has 1 heterocycles. The Balaban J connectivity index is 2.18. The molecular weight excluding hydrogens is 184 g/mol. The molecular formula is C13H14N2. The fourth-order valence-corrected chi connectivity index (χ4v) is 3.10. The minimum Gasteiger partial charge on any atom is -0.315 e. The van der Waals surface area contributed by atoms with Crippen molar-refractivity contribution in [3.63, 3.8) is 0 Å². The normalized spacial score (nSPS) is 32.9. The third-order valence-corrected chi connectivity index (χ3v) is 3.75. The first-order valence-electron chi connectivity index (χ1n) is 5.54. The highest BCUT2D eigenvalue weighted by Crippen LogP contribution is 2.41. The van der Waals surface area contributed by atoms with Crippen molar-refractivity contribution in [1.29, 1.82) is 5.26 Å². The predicted octanol–water partition coefficient (Wildman–Crippen LogP) is 1.61. The van der Waals surface area contributed by atoms with E-state index in [-0.39, 0.29) is 5.41 Å². The zero-order valence-corrected chi connectivity index (χ0v) is 8.66. The van der Waals surface area contributed by atoms with Gasteiger partial charge in [0.05, 0.1) is 11.5 Å². The van der Waals surface area contributed by atoms with Gasteiger partial charge in [0.2, 0.25) is 0 Å². The van der Waals surface area contributed by atoms with Gasteiger partial charge in [0, 0.05) is 6.54 Å². The zero-order valence-electron chi connectivity index (χ0n) is 8.66. The Morgan fingerprint density at radius 2 is 2.27 bits per heavy atom. The minimum absolute atomic E-state index is 0.252. The topological polar surface area (TPSA) is 35.8 Å². The maximum absolute atomic E-state index is 9.45. The van der Waals surface area contributed by atoms with Crippen molar-refractivity contribution in [3.8, 4) is 6.07 Å². The molecule has 2 unspecified atom stereocenters. The van der Waals surface area contributed by atoms with Crippen molar-refractivity contribution >= 4 is 0 Å². The molecule has 1 fully saturated rings. The van der Waals surface area contributed by atoms with Gasteiger partial charge in [-0.05, 0) is 36.4 Å². The van der Waals surface area contributed by atoms with E-state index in [4.69, 9.17) is 0 Å². The molecule has 1 N–H and O–H groups in total. The average molecular weight is 198 g/mol.